The quantitative estimate of drug-likeness (QED) is 0.349. The fourth-order valence-electron chi connectivity index (χ4n) is 3.15. The van der Waals surface area contributed by atoms with E-state index in [0.717, 1.165) is 11.3 Å². The Morgan fingerprint density at radius 1 is 1.20 bits per heavy atom. The van der Waals surface area contributed by atoms with Gasteiger partial charge in [-0.1, -0.05) is 29.3 Å². The second-order valence-corrected chi connectivity index (χ2v) is 11.3. The van der Waals surface area contributed by atoms with Crippen LogP contribution in [0.1, 0.15) is 32.9 Å². The number of thiazole rings is 1. The number of carbonyl (C=O) groups is 1. The molecule has 2 aromatic carbocycles. The lowest BCUT2D eigenvalue weighted by Crippen LogP contribution is -2.33. The number of benzene rings is 2. The summed E-state index contributed by atoms with van der Waals surface area (Å²) in [5.74, 6) is -1.03. The summed E-state index contributed by atoms with van der Waals surface area (Å²) >= 11 is 13.5. The number of amides is 1. The van der Waals surface area contributed by atoms with Crippen LogP contribution in [0.5, 0.6) is 0 Å². The van der Waals surface area contributed by atoms with Crippen LogP contribution in [0.3, 0.4) is 0 Å². The summed E-state index contributed by atoms with van der Waals surface area (Å²) in [5.41, 5.74) is 2.08. The number of ether oxygens (including phenoxy) is 1. The Labute approximate surface area is 218 Å². The van der Waals surface area contributed by atoms with E-state index in [1.165, 1.54) is 18.4 Å². The van der Waals surface area contributed by atoms with E-state index in [4.69, 9.17) is 33.2 Å². The molecule has 1 heterocycles. The van der Waals surface area contributed by atoms with Crippen LogP contribution in [0.2, 0.25) is 10.0 Å². The minimum absolute atomic E-state index is 0.0214. The number of carbonyl (C=O) groups excluding carboxylic acids is 1. The predicted molar refractivity (Wildman–Crippen MR) is 138 cm³/mol. The molecule has 0 bridgehead atoms. The number of methoxy groups -OCH3 is 1. The largest absolute Gasteiger partial charge is 0.385 e. The Hall–Kier alpha value is -2.68. The molecule has 8 nitrogen and oxygen atoms in total. The molecule has 0 atom stereocenters. The van der Waals surface area contributed by atoms with Crippen molar-refractivity contribution in [3.8, 4) is 6.07 Å². The van der Waals surface area contributed by atoms with Gasteiger partial charge in [0.05, 0.1) is 34.0 Å². The second kappa shape index (κ2) is 11.8. The zero-order chi connectivity index (χ0) is 25.6. The molecule has 3 aromatic rings. The third kappa shape index (κ3) is 7.16. The number of nitrogens with one attached hydrogen (secondary N) is 1. The number of aromatic nitrogens is 1. The van der Waals surface area contributed by atoms with Gasteiger partial charge in [-0.25, -0.2) is 18.1 Å². The van der Waals surface area contributed by atoms with E-state index >= 15 is 0 Å². The minimum atomic E-state index is -3.83. The Balaban J connectivity index is 1.93. The lowest BCUT2D eigenvalue weighted by molar-refractivity contribution is 0.0976. The molecular formula is C23H22Cl2N4O4S2. The summed E-state index contributed by atoms with van der Waals surface area (Å²) in [4.78, 5) is 19.6. The average molecular weight is 553 g/mol. The number of halogens is 2. The minimum Gasteiger partial charge on any atom is -0.385 e. The number of rotatable bonds is 10. The lowest BCUT2D eigenvalue weighted by Gasteiger charge is -2.22. The molecule has 1 aromatic heterocycles. The van der Waals surface area contributed by atoms with Gasteiger partial charge in [-0.15, -0.1) is 11.3 Å². The van der Waals surface area contributed by atoms with Crippen molar-refractivity contribution >= 4 is 61.3 Å². The first-order valence-electron chi connectivity index (χ1n) is 10.4. The van der Waals surface area contributed by atoms with E-state index in [1.807, 2.05) is 11.0 Å². The van der Waals surface area contributed by atoms with Gasteiger partial charge >= 0.3 is 0 Å². The topological polar surface area (TPSA) is 112 Å². The fraction of sp³-hybridized carbons (Fsp3) is 0.261. The first kappa shape index (κ1) is 26.9. The van der Waals surface area contributed by atoms with Crippen LogP contribution in [0.25, 0.3) is 0 Å². The van der Waals surface area contributed by atoms with Crippen LogP contribution in [-0.2, 0) is 21.3 Å². The average Bonchev–Trinajstić information content (AvgIpc) is 3.21. The highest BCUT2D eigenvalue weighted by Crippen LogP contribution is 2.34. The number of anilines is 2. The van der Waals surface area contributed by atoms with E-state index in [-0.39, 0.29) is 24.5 Å². The lowest BCUT2D eigenvalue weighted by atomic mass is 10.1. The van der Waals surface area contributed by atoms with Gasteiger partial charge in [0.2, 0.25) is 10.0 Å². The van der Waals surface area contributed by atoms with Gasteiger partial charge in [0, 0.05) is 24.3 Å². The SMILES string of the molecule is COCCCS(=O)(=O)NC(=O)c1nc(N(Cc2ccc(Cl)c(Cl)c2)c2ccc(C#N)cc2)sc1C. The van der Waals surface area contributed by atoms with Crippen LogP contribution >= 0.6 is 34.5 Å². The van der Waals surface area contributed by atoms with Crippen molar-refractivity contribution in [1.29, 1.82) is 5.26 Å². The smallest absolute Gasteiger partial charge is 0.284 e. The first-order valence-corrected chi connectivity index (χ1v) is 13.6. The van der Waals surface area contributed by atoms with Crippen LogP contribution in [-0.4, -0.2) is 38.8 Å². The number of hydrogen-bond donors (Lipinski definition) is 1. The van der Waals surface area contributed by atoms with Crippen molar-refractivity contribution in [3.63, 3.8) is 0 Å². The molecule has 35 heavy (non-hydrogen) atoms. The zero-order valence-electron chi connectivity index (χ0n) is 18.9. The molecule has 0 fully saturated rings. The maximum atomic E-state index is 12.7. The third-order valence-corrected chi connectivity index (χ3v) is 7.93. The van der Waals surface area contributed by atoms with E-state index in [0.29, 0.717) is 32.2 Å². The van der Waals surface area contributed by atoms with Gasteiger partial charge < -0.3 is 9.64 Å². The standard InChI is InChI=1S/C23H22Cl2N4O4S2/c1-15-21(22(30)28-35(31,32)11-3-10-33-2)27-23(34-15)29(18-7-4-16(13-26)5-8-18)14-17-6-9-19(24)20(25)12-17/h4-9,12H,3,10-11,14H2,1-2H3,(H,28,30). The second-order valence-electron chi connectivity index (χ2n) is 7.49. The van der Waals surface area contributed by atoms with E-state index in [1.54, 1.807) is 43.3 Å². The van der Waals surface area contributed by atoms with Crippen molar-refractivity contribution in [2.24, 2.45) is 0 Å². The van der Waals surface area contributed by atoms with Crippen LogP contribution in [0.15, 0.2) is 42.5 Å². The predicted octanol–water partition coefficient (Wildman–Crippen LogP) is 5.06. The normalized spacial score (nSPS) is 11.2. The first-order chi connectivity index (χ1) is 16.6. The molecule has 1 N–H and O–H groups in total. The molecule has 1 amide bonds. The molecule has 0 saturated carbocycles. The van der Waals surface area contributed by atoms with Crippen molar-refractivity contribution in [1.82, 2.24) is 9.71 Å². The molecule has 0 aliphatic heterocycles. The van der Waals surface area contributed by atoms with Gasteiger partial charge in [-0.3, -0.25) is 4.79 Å². The number of nitriles is 1. The van der Waals surface area contributed by atoms with E-state index in [9.17, 15) is 13.2 Å². The summed E-state index contributed by atoms with van der Waals surface area (Å²) in [5, 5.41) is 10.4. The molecule has 0 saturated heterocycles. The number of aryl methyl sites for hydroxylation is 1. The van der Waals surface area contributed by atoms with Crippen molar-refractivity contribution in [2.75, 3.05) is 24.4 Å². The molecule has 0 radical (unpaired) electrons. The highest BCUT2D eigenvalue weighted by atomic mass is 35.5. The van der Waals surface area contributed by atoms with Gasteiger partial charge in [-0.05, 0) is 55.3 Å². The molecule has 3 rings (SSSR count). The Kier molecular flexibility index (Phi) is 9.10. The van der Waals surface area contributed by atoms with Crippen LogP contribution < -0.4 is 9.62 Å². The third-order valence-electron chi connectivity index (χ3n) is 4.87. The zero-order valence-corrected chi connectivity index (χ0v) is 22.1. The maximum absolute atomic E-state index is 12.7. The van der Waals surface area contributed by atoms with Gasteiger partial charge in [-0.2, -0.15) is 5.26 Å². The molecule has 0 unspecified atom stereocenters. The summed E-state index contributed by atoms with van der Waals surface area (Å²) in [6.45, 7) is 2.30. The van der Waals surface area contributed by atoms with Crippen LogP contribution in [0, 0.1) is 18.3 Å². The summed E-state index contributed by atoms with van der Waals surface area (Å²) in [6.07, 6.45) is 0.260. The number of sulfonamides is 1. The highest BCUT2D eigenvalue weighted by molar-refractivity contribution is 7.90. The molecule has 12 heteroatoms. The number of hydrogen-bond acceptors (Lipinski definition) is 8. The molecule has 0 aliphatic carbocycles. The Morgan fingerprint density at radius 3 is 2.54 bits per heavy atom. The highest BCUT2D eigenvalue weighted by Gasteiger charge is 2.24. The summed E-state index contributed by atoms with van der Waals surface area (Å²) in [6, 6.07) is 14.2. The number of nitrogens with zero attached hydrogens (tertiary/aromatic N) is 3. The Bertz CT molecular complexity index is 1350. The molecule has 184 valence electrons. The van der Waals surface area contributed by atoms with E-state index in [2.05, 4.69) is 15.8 Å². The van der Waals surface area contributed by atoms with Crippen molar-refractivity contribution in [2.45, 2.75) is 19.9 Å². The van der Waals surface area contributed by atoms with Crippen molar-refractivity contribution < 1.29 is 17.9 Å². The maximum Gasteiger partial charge on any atom is 0.284 e. The monoisotopic (exact) mass is 552 g/mol. The summed E-state index contributed by atoms with van der Waals surface area (Å²) in [7, 11) is -2.36. The molecule has 0 spiro atoms. The van der Waals surface area contributed by atoms with E-state index < -0.39 is 15.9 Å². The summed E-state index contributed by atoms with van der Waals surface area (Å²) < 4.78 is 31.4. The van der Waals surface area contributed by atoms with Gasteiger partial charge in [0.15, 0.2) is 5.13 Å². The Morgan fingerprint density at radius 2 is 1.91 bits per heavy atom. The van der Waals surface area contributed by atoms with Gasteiger partial charge in [0.25, 0.3) is 5.91 Å². The molecular weight excluding hydrogens is 531 g/mol. The fourth-order valence-corrected chi connectivity index (χ4v) is 5.37. The van der Waals surface area contributed by atoms with Crippen molar-refractivity contribution in [3.05, 3.63) is 74.2 Å². The van der Waals surface area contributed by atoms with Gasteiger partial charge in [0.1, 0.15) is 5.69 Å². The van der Waals surface area contributed by atoms with Crippen LogP contribution in [0.4, 0.5) is 10.8 Å². The molecule has 0 aliphatic rings.